The van der Waals surface area contributed by atoms with Gasteiger partial charge in [-0.2, -0.15) is 0 Å². The predicted octanol–water partition coefficient (Wildman–Crippen LogP) is 3.43. The summed E-state index contributed by atoms with van der Waals surface area (Å²) in [5.41, 5.74) is 2.38. The number of hydrogen-bond donors (Lipinski definition) is 0. The maximum absolute atomic E-state index is 4.30. The van der Waals surface area contributed by atoms with Crippen molar-refractivity contribution in [2.75, 3.05) is 0 Å². The largest absolute Gasteiger partial charge is 0.261 e. The van der Waals surface area contributed by atoms with Crippen LogP contribution in [-0.4, -0.2) is 4.98 Å². The van der Waals surface area contributed by atoms with E-state index in [-0.39, 0.29) is 0 Å². The third kappa shape index (κ3) is 2.42. The van der Waals surface area contributed by atoms with Gasteiger partial charge >= 0.3 is 0 Å². The summed E-state index contributed by atoms with van der Waals surface area (Å²) in [6.07, 6.45) is 2.71. The summed E-state index contributed by atoms with van der Waals surface area (Å²) in [6.45, 7) is 0. The summed E-state index contributed by atoms with van der Waals surface area (Å²) in [6, 6.07) is 14.3. The lowest BCUT2D eigenvalue weighted by Gasteiger charge is -2.00. The van der Waals surface area contributed by atoms with Crippen LogP contribution in [0.15, 0.2) is 53.1 Å². The van der Waals surface area contributed by atoms with Crippen LogP contribution in [-0.2, 0) is 6.42 Å². The lowest BCUT2D eigenvalue weighted by atomic mass is 10.1. The molecule has 0 spiro atoms. The molecule has 0 atom stereocenters. The van der Waals surface area contributed by atoms with Crippen LogP contribution in [0, 0.1) is 0 Å². The first-order valence-corrected chi connectivity index (χ1v) is 5.28. The second-order valence-corrected chi connectivity index (χ2v) is 4.04. The maximum atomic E-state index is 4.30. The van der Waals surface area contributed by atoms with Crippen molar-refractivity contribution in [2.24, 2.45) is 0 Å². The maximum Gasteiger partial charge on any atom is 0.0458 e. The Morgan fingerprint density at radius 2 is 1.86 bits per heavy atom. The normalized spacial score (nSPS) is 10.1. The van der Waals surface area contributed by atoms with Crippen LogP contribution in [0.1, 0.15) is 11.3 Å². The molecule has 0 radical (unpaired) electrons. The lowest BCUT2D eigenvalue weighted by molar-refractivity contribution is 1.07. The highest BCUT2D eigenvalue weighted by atomic mass is 79.9. The van der Waals surface area contributed by atoms with Crippen molar-refractivity contribution >= 4 is 15.9 Å². The van der Waals surface area contributed by atoms with Gasteiger partial charge in [0, 0.05) is 22.8 Å². The van der Waals surface area contributed by atoms with Gasteiger partial charge in [0.25, 0.3) is 0 Å². The quantitative estimate of drug-likeness (QED) is 0.793. The van der Waals surface area contributed by atoms with Crippen molar-refractivity contribution in [3.05, 3.63) is 64.4 Å². The third-order valence-electron chi connectivity index (χ3n) is 2.01. The highest BCUT2D eigenvalue weighted by Crippen LogP contribution is 2.12. The minimum Gasteiger partial charge on any atom is -0.261 e. The van der Waals surface area contributed by atoms with Crippen LogP contribution < -0.4 is 0 Å². The van der Waals surface area contributed by atoms with Gasteiger partial charge in [0.2, 0.25) is 0 Å². The second kappa shape index (κ2) is 4.38. The first-order valence-electron chi connectivity index (χ1n) is 4.49. The van der Waals surface area contributed by atoms with Crippen molar-refractivity contribution in [1.82, 2.24) is 4.98 Å². The fourth-order valence-corrected chi connectivity index (χ4v) is 1.73. The van der Waals surface area contributed by atoms with Gasteiger partial charge in [0.15, 0.2) is 0 Å². The number of hydrogen-bond acceptors (Lipinski definition) is 1. The summed E-state index contributed by atoms with van der Waals surface area (Å²) in [5, 5.41) is 0. The molecule has 0 aliphatic carbocycles. The molecule has 0 bridgehead atoms. The van der Waals surface area contributed by atoms with E-state index in [4.69, 9.17) is 0 Å². The zero-order valence-electron chi connectivity index (χ0n) is 7.65. The van der Waals surface area contributed by atoms with Gasteiger partial charge in [-0.25, -0.2) is 0 Å². The zero-order valence-corrected chi connectivity index (χ0v) is 9.24. The topological polar surface area (TPSA) is 12.9 Å². The standard InChI is InChI=1S/C12H10BrN/c13-11-6-7-14-12(9-11)8-10-4-2-1-3-5-10/h1-7,9H,8H2. The Hall–Kier alpha value is -1.15. The molecular formula is C12H10BrN. The number of rotatable bonds is 2. The van der Waals surface area contributed by atoms with E-state index in [0.717, 1.165) is 16.6 Å². The van der Waals surface area contributed by atoms with Gasteiger partial charge in [-0.3, -0.25) is 4.98 Å². The van der Waals surface area contributed by atoms with Crippen LogP contribution in [0.2, 0.25) is 0 Å². The average molecular weight is 248 g/mol. The highest BCUT2D eigenvalue weighted by Gasteiger charge is 1.96. The SMILES string of the molecule is Brc1ccnc(Cc2ccccc2)c1. The minimum atomic E-state index is 0.889. The predicted molar refractivity (Wildman–Crippen MR) is 61.2 cm³/mol. The number of pyridine rings is 1. The van der Waals surface area contributed by atoms with E-state index in [1.165, 1.54) is 5.56 Å². The Bertz CT molecular complexity index is 412. The van der Waals surface area contributed by atoms with Gasteiger partial charge in [-0.1, -0.05) is 46.3 Å². The summed E-state index contributed by atoms with van der Waals surface area (Å²) in [5.74, 6) is 0. The van der Waals surface area contributed by atoms with Gasteiger partial charge in [0.05, 0.1) is 0 Å². The van der Waals surface area contributed by atoms with Crippen LogP contribution in [0.3, 0.4) is 0 Å². The van der Waals surface area contributed by atoms with Crippen molar-refractivity contribution < 1.29 is 0 Å². The molecule has 2 heteroatoms. The zero-order chi connectivity index (χ0) is 9.80. The monoisotopic (exact) mass is 247 g/mol. The summed E-state index contributed by atoms with van der Waals surface area (Å²) in [7, 11) is 0. The van der Waals surface area contributed by atoms with E-state index in [9.17, 15) is 0 Å². The van der Waals surface area contributed by atoms with E-state index >= 15 is 0 Å². The molecule has 0 fully saturated rings. The molecule has 0 aliphatic heterocycles. The number of aromatic nitrogens is 1. The Kier molecular flexibility index (Phi) is 2.94. The van der Waals surface area contributed by atoms with Gasteiger partial charge in [0.1, 0.15) is 0 Å². The molecule has 2 rings (SSSR count). The molecule has 14 heavy (non-hydrogen) atoms. The summed E-state index contributed by atoms with van der Waals surface area (Å²) < 4.78 is 1.08. The highest BCUT2D eigenvalue weighted by molar-refractivity contribution is 9.10. The van der Waals surface area contributed by atoms with Crippen molar-refractivity contribution in [3.63, 3.8) is 0 Å². The van der Waals surface area contributed by atoms with Gasteiger partial charge in [-0.15, -0.1) is 0 Å². The van der Waals surface area contributed by atoms with Gasteiger partial charge in [-0.05, 0) is 17.7 Å². The van der Waals surface area contributed by atoms with Crippen LogP contribution in [0.25, 0.3) is 0 Å². The first-order chi connectivity index (χ1) is 6.84. The van der Waals surface area contributed by atoms with E-state index in [2.05, 4.69) is 33.0 Å². The molecule has 1 aromatic heterocycles. The van der Waals surface area contributed by atoms with E-state index in [1.807, 2.05) is 36.5 Å². The van der Waals surface area contributed by atoms with Crippen molar-refractivity contribution in [1.29, 1.82) is 0 Å². The molecule has 0 N–H and O–H groups in total. The number of halogens is 1. The fraction of sp³-hybridized carbons (Fsp3) is 0.0833. The molecule has 1 aromatic carbocycles. The van der Waals surface area contributed by atoms with Crippen molar-refractivity contribution in [2.45, 2.75) is 6.42 Å². The molecule has 0 saturated heterocycles. The van der Waals surface area contributed by atoms with Crippen molar-refractivity contribution in [3.8, 4) is 0 Å². The lowest BCUT2D eigenvalue weighted by Crippen LogP contribution is -1.90. The van der Waals surface area contributed by atoms with Crippen LogP contribution >= 0.6 is 15.9 Å². The third-order valence-corrected chi connectivity index (χ3v) is 2.50. The molecule has 70 valence electrons. The minimum absolute atomic E-state index is 0.889. The van der Waals surface area contributed by atoms with E-state index < -0.39 is 0 Å². The molecule has 1 nitrogen and oxygen atoms in total. The van der Waals surface area contributed by atoms with E-state index in [1.54, 1.807) is 0 Å². The van der Waals surface area contributed by atoms with Gasteiger partial charge < -0.3 is 0 Å². The Morgan fingerprint density at radius 1 is 1.07 bits per heavy atom. The number of benzene rings is 1. The molecule has 0 amide bonds. The Balaban J connectivity index is 2.19. The Morgan fingerprint density at radius 3 is 2.57 bits per heavy atom. The average Bonchev–Trinajstić information content (AvgIpc) is 2.19. The second-order valence-electron chi connectivity index (χ2n) is 3.13. The molecule has 0 saturated carbocycles. The Labute approximate surface area is 91.9 Å². The summed E-state index contributed by atoms with van der Waals surface area (Å²) in [4.78, 5) is 4.30. The van der Waals surface area contributed by atoms with Crippen LogP contribution in [0.5, 0.6) is 0 Å². The summed E-state index contributed by atoms with van der Waals surface area (Å²) >= 11 is 3.44. The molecule has 2 aromatic rings. The molecule has 0 unspecified atom stereocenters. The van der Waals surface area contributed by atoms with E-state index in [0.29, 0.717) is 0 Å². The molecule has 1 heterocycles. The number of nitrogens with zero attached hydrogens (tertiary/aromatic N) is 1. The first kappa shape index (κ1) is 9.41. The molecular weight excluding hydrogens is 238 g/mol. The van der Waals surface area contributed by atoms with Crippen LogP contribution in [0.4, 0.5) is 0 Å². The smallest absolute Gasteiger partial charge is 0.0458 e. The fourth-order valence-electron chi connectivity index (χ4n) is 1.35. The molecule has 0 aliphatic rings.